The number of halogens is 3. The van der Waals surface area contributed by atoms with Gasteiger partial charge in [0.05, 0.1) is 12.2 Å². The molecular weight excluding hydrogens is 279 g/mol. The largest absolute Gasteiger partial charge is 0.418 e. The summed E-state index contributed by atoms with van der Waals surface area (Å²) >= 11 is 0. The van der Waals surface area contributed by atoms with Crippen LogP contribution in [0.25, 0.3) is 0 Å². The normalized spacial score (nSPS) is 17.0. The number of hydrogen-bond donors (Lipinski definition) is 1. The van der Waals surface area contributed by atoms with Gasteiger partial charge in [0, 0.05) is 19.3 Å². The van der Waals surface area contributed by atoms with E-state index in [2.05, 4.69) is 0 Å². The van der Waals surface area contributed by atoms with E-state index in [0.717, 1.165) is 18.9 Å². The predicted molar refractivity (Wildman–Crippen MR) is 77.2 cm³/mol. The molecule has 118 valence electrons. The highest BCUT2D eigenvalue weighted by Gasteiger charge is 2.35. The van der Waals surface area contributed by atoms with Gasteiger partial charge in [-0.2, -0.15) is 13.2 Å². The maximum Gasteiger partial charge on any atom is 0.418 e. The van der Waals surface area contributed by atoms with Crippen molar-refractivity contribution < 1.29 is 18.3 Å². The van der Waals surface area contributed by atoms with Crippen molar-refractivity contribution >= 4 is 5.69 Å². The van der Waals surface area contributed by atoms with Crippen LogP contribution in [-0.2, 0) is 12.8 Å². The van der Waals surface area contributed by atoms with E-state index in [4.69, 9.17) is 5.11 Å². The lowest BCUT2D eigenvalue weighted by Crippen LogP contribution is -2.28. The summed E-state index contributed by atoms with van der Waals surface area (Å²) in [5, 5.41) is 9.04. The number of nitrogens with zero attached hydrogens (tertiary/aromatic N) is 1. The van der Waals surface area contributed by atoms with Gasteiger partial charge < -0.3 is 10.0 Å². The van der Waals surface area contributed by atoms with Crippen LogP contribution in [0.15, 0.2) is 18.2 Å². The highest BCUT2D eigenvalue weighted by atomic mass is 19.4. The van der Waals surface area contributed by atoms with Crippen molar-refractivity contribution in [3.8, 4) is 0 Å². The quantitative estimate of drug-likeness (QED) is 0.900. The lowest BCUT2D eigenvalue weighted by molar-refractivity contribution is -0.137. The fourth-order valence-corrected chi connectivity index (χ4v) is 3.10. The van der Waals surface area contributed by atoms with Crippen LogP contribution in [0.3, 0.4) is 0 Å². The average molecular weight is 301 g/mol. The van der Waals surface area contributed by atoms with Crippen LogP contribution < -0.4 is 4.90 Å². The summed E-state index contributed by atoms with van der Waals surface area (Å²) in [6, 6.07) is 4.08. The van der Waals surface area contributed by atoms with Crippen LogP contribution in [0.1, 0.15) is 43.2 Å². The lowest BCUT2D eigenvalue weighted by atomic mass is 9.89. The molecule has 1 aromatic carbocycles. The minimum absolute atomic E-state index is 0.199. The second kappa shape index (κ2) is 6.69. The molecule has 0 radical (unpaired) electrons. The van der Waals surface area contributed by atoms with Gasteiger partial charge in [0.15, 0.2) is 0 Å². The fourth-order valence-electron chi connectivity index (χ4n) is 3.10. The van der Waals surface area contributed by atoms with Crippen LogP contribution >= 0.6 is 0 Å². The number of alkyl halides is 3. The zero-order valence-electron chi connectivity index (χ0n) is 12.3. The van der Waals surface area contributed by atoms with Crippen molar-refractivity contribution in [2.24, 2.45) is 5.92 Å². The molecule has 0 spiro atoms. The van der Waals surface area contributed by atoms with Crippen molar-refractivity contribution in [1.29, 1.82) is 0 Å². The first kappa shape index (κ1) is 16.1. The first-order valence-electron chi connectivity index (χ1n) is 7.44. The molecule has 1 aliphatic carbocycles. The molecule has 1 N–H and O–H groups in total. The SMILES string of the molecule is CN(CC1CCCCC1)c1ccc(CO)cc1C(F)(F)F. The highest BCUT2D eigenvalue weighted by Crippen LogP contribution is 2.37. The third-order valence-electron chi connectivity index (χ3n) is 4.22. The van der Waals surface area contributed by atoms with Crippen molar-refractivity contribution in [3.63, 3.8) is 0 Å². The number of rotatable bonds is 4. The van der Waals surface area contributed by atoms with E-state index in [1.165, 1.54) is 25.3 Å². The molecule has 5 heteroatoms. The molecule has 1 fully saturated rings. The topological polar surface area (TPSA) is 23.5 Å². The van der Waals surface area contributed by atoms with Gasteiger partial charge in [0.25, 0.3) is 0 Å². The minimum atomic E-state index is -4.40. The number of benzene rings is 1. The summed E-state index contributed by atoms with van der Waals surface area (Å²) in [5.41, 5.74) is -0.172. The third-order valence-corrected chi connectivity index (χ3v) is 4.22. The van der Waals surface area contributed by atoms with Crippen LogP contribution in [0, 0.1) is 5.92 Å². The molecule has 2 rings (SSSR count). The summed E-state index contributed by atoms with van der Waals surface area (Å²) < 4.78 is 39.6. The molecular formula is C16H22F3NO. The Balaban J connectivity index is 2.20. The Kier molecular flexibility index (Phi) is 5.14. The molecule has 0 aliphatic heterocycles. The van der Waals surface area contributed by atoms with E-state index < -0.39 is 11.7 Å². The zero-order chi connectivity index (χ0) is 15.5. The first-order valence-corrected chi connectivity index (χ1v) is 7.44. The van der Waals surface area contributed by atoms with E-state index in [1.54, 1.807) is 18.0 Å². The molecule has 1 aromatic rings. The number of anilines is 1. The Hall–Kier alpha value is -1.23. The lowest BCUT2D eigenvalue weighted by Gasteiger charge is -2.30. The van der Waals surface area contributed by atoms with Crippen molar-refractivity contribution in [2.75, 3.05) is 18.5 Å². The molecule has 0 amide bonds. The van der Waals surface area contributed by atoms with Gasteiger partial charge in [-0.05, 0) is 36.5 Å². The van der Waals surface area contributed by atoms with Crippen LogP contribution in [0.4, 0.5) is 18.9 Å². The van der Waals surface area contributed by atoms with E-state index in [-0.39, 0.29) is 17.9 Å². The van der Waals surface area contributed by atoms with Gasteiger partial charge in [-0.25, -0.2) is 0 Å². The van der Waals surface area contributed by atoms with Crippen LogP contribution in [0.5, 0.6) is 0 Å². The Morgan fingerprint density at radius 1 is 1.19 bits per heavy atom. The molecule has 0 bridgehead atoms. The van der Waals surface area contributed by atoms with Gasteiger partial charge in [0.2, 0.25) is 0 Å². The molecule has 2 nitrogen and oxygen atoms in total. The second-order valence-electron chi connectivity index (χ2n) is 5.89. The van der Waals surface area contributed by atoms with E-state index in [0.29, 0.717) is 12.5 Å². The summed E-state index contributed by atoms with van der Waals surface area (Å²) in [6.45, 7) is 0.275. The Morgan fingerprint density at radius 3 is 2.43 bits per heavy atom. The Labute approximate surface area is 123 Å². The van der Waals surface area contributed by atoms with Crippen molar-refractivity contribution in [1.82, 2.24) is 0 Å². The van der Waals surface area contributed by atoms with E-state index in [9.17, 15) is 13.2 Å². The van der Waals surface area contributed by atoms with Gasteiger partial charge in [-0.15, -0.1) is 0 Å². The van der Waals surface area contributed by atoms with Crippen LogP contribution in [-0.4, -0.2) is 18.7 Å². The number of hydrogen-bond acceptors (Lipinski definition) is 2. The molecule has 0 aromatic heterocycles. The van der Waals surface area contributed by atoms with Gasteiger partial charge in [-0.1, -0.05) is 25.3 Å². The van der Waals surface area contributed by atoms with E-state index >= 15 is 0 Å². The molecule has 0 unspecified atom stereocenters. The van der Waals surface area contributed by atoms with Crippen LogP contribution in [0.2, 0.25) is 0 Å². The van der Waals surface area contributed by atoms with Crippen molar-refractivity contribution in [3.05, 3.63) is 29.3 Å². The summed E-state index contributed by atoms with van der Waals surface area (Å²) in [6.07, 6.45) is 1.38. The standard InChI is InChI=1S/C16H22F3NO/c1-20(10-12-5-3-2-4-6-12)15-8-7-13(11-21)9-14(15)16(17,18)19/h7-9,12,21H,2-6,10-11H2,1H3. The molecule has 0 saturated heterocycles. The molecule has 1 saturated carbocycles. The number of aliphatic hydroxyl groups excluding tert-OH is 1. The summed E-state index contributed by atoms with van der Waals surface area (Å²) in [5.74, 6) is 0.474. The molecule has 0 atom stereocenters. The highest BCUT2D eigenvalue weighted by molar-refractivity contribution is 5.56. The third kappa shape index (κ3) is 4.13. The Bertz CT molecular complexity index is 467. The van der Waals surface area contributed by atoms with E-state index in [1.807, 2.05) is 0 Å². The maximum absolute atomic E-state index is 13.2. The minimum Gasteiger partial charge on any atom is -0.392 e. The predicted octanol–water partition coefficient (Wildman–Crippen LogP) is 4.21. The first-order chi connectivity index (χ1) is 9.91. The fraction of sp³-hybridized carbons (Fsp3) is 0.625. The summed E-state index contributed by atoms with van der Waals surface area (Å²) in [4.78, 5) is 1.71. The number of aliphatic hydroxyl groups is 1. The average Bonchev–Trinajstić information content (AvgIpc) is 2.46. The molecule has 0 heterocycles. The Morgan fingerprint density at radius 2 is 1.86 bits per heavy atom. The maximum atomic E-state index is 13.2. The smallest absolute Gasteiger partial charge is 0.392 e. The van der Waals surface area contributed by atoms with Gasteiger partial charge in [-0.3, -0.25) is 0 Å². The van der Waals surface area contributed by atoms with Gasteiger partial charge >= 0.3 is 6.18 Å². The molecule has 21 heavy (non-hydrogen) atoms. The molecule has 1 aliphatic rings. The zero-order valence-corrected chi connectivity index (χ0v) is 12.3. The second-order valence-corrected chi connectivity index (χ2v) is 5.89. The monoisotopic (exact) mass is 301 g/mol. The van der Waals surface area contributed by atoms with Crippen molar-refractivity contribution in [2.45, 2.75) is 44.9 Å². The summed E-state index contributed by atoms with van der Waals surface area (Å²) in [7, 11) is 1.72. The van der Waals surface area contributed by atoms with Gasteiger partial charge in [0.1, 0.15) is 0 Å².